The summed E-state index contributed by atoms with van der Waals surface area (Å²) in [4.78, 5) is 18.5. The lowest BCUT2D eigenvalue weighted by Gasteiger charge is -2.23. The number of aromatic nitrogens is 1. The van der Waals surface area contributed by atoms with Gasteiger partial charge in [0.25, 0.3) is 5.91 Å². The number of carbonyl (C=O) groups is 1. The molecule has 108 valence electrons. The first-order valence-electron chi connectivity index (χ1n) is 6.80. The van der Waals surface area contributed by atoms with Crippen molar-refractivity contribution in [3.63, 3.8) is 0 Å². The lowest BCUT2D eigenvalue weighted by Crippen LogP contribution is -2.35. The fraction of sp³-hybridized carbons (Fsp3) is 0.312. The van der Waals surface area contributed by atoms with Gasteiger partial charge in [-0.3, -0.25) is 4.79 Å². The van der Waals surface area contributed by atoms with E-state index in [1.807, 2.05) is 31.2 Å². The largest absolute Gasteiger partial charge is 0.373 e. The fourth-order valence-corrected chi connectivity index (χ4v) is 2.15. The minimum atomic E-state index is -0.181. The van der Waals surface area contributed by atoms with Crippen molar-refractivity contribution >= 4 is 22.5 Å². The zero-order chi connectivity index (χ0) is 15.4. The number of nitrogens with one attached hydrogen (secondary N) is 1. The van der Waals surface area contributed by atoms with Crippen LogP contribution in [0.1, 0.15) is 23.8 Å². The second kappa shape index (κ2) is 6.23. The van der Waals surface area contributed by atoms with Crippen LogP contribution in [0, 0.1) is 11.3 Å². The van der Waals surface area contributed by atoms with E-state index in [1.165, 1.54) is 0 Å². The SMILES string of the molecule is CNc1nc(C(=O)N(C)C(C)CC#N)cc2ccccc12. The summed E-state index contributed by atoms with van der Waals surface area (Å²) in [6.45, 7) is 1.85. The van der Waals surface area contributed by atoms with Gasteiger partial charge in [-0.2, -0.15) is 5.26 Å². The van der Waals surface area contributed by atoms with E-state index >= 15 is 0 Å². The van der Waals surface area contributed by atoms with Crippen LogP contribution in [0.25, 0.3) is 10.8 Å². The van der Waals surface area contributed by atoms with Gasteiger partial charge in [0.2, 0.25) is 0 Å². The summed E-state index contributed by atoms with van der Waals surface area (Å²) in [5.74, 6) is 0.498. The van der Waals surface area contributed by atoms with Gasteiger partial charge >= 0.3 is 0 Å². The molecule has 0 aliphatic rings. The number of rotatable bonds is 4. The molecule has 0 aliphatic heterocycles. The molecule has 1 heterocycles. The minimum absolute atomic E-state index is 0.145. The highest BCUT2D eigenvalue weighted by molar-refractivity contribution is 6.00. The van der Waals surface area contributed by atoms with E-state index in [2.05, 4.69) is 16.4 Å². The average Bonchev–Trinajstić information content (AvgIpc) is 2.52. The number of fused-ring (bicyclic) bond motifs is 1. The zero-order valence-corrected chi connectivity index (χ0v) is 12.4. The van der Waals surface area contributed by atoms with Crippen molar-refractivity contribution in [2.45, 2.75) is 19.4 Å². The van der Waals surface area contributed by atoms with E-state index in [9.17, 15) is 4.79 Å². The van der Waals surface area contributed by atoms with Crippen LogP contribution in [0.2, 0.25) is 0 Å². The maximum atomic E-state index is 12.5. The first-order chi connectivity index (χ1) is 10.1. The number of pyridine rings is 1. The summed E-state index contributed by atoms with van der Waals surface area (Å²) < 4.78 is 0. The summed E-state index contributed by atoms with van der Waals surface area (Å²) >= 11 is 0. The molecule has 0 aliphatic carbocycles. The Hall–Kier alpha value is -2.61. The number of benzene rings is 1. The third kappa shape index (κ3) is 2.95. The number of amides is 1. The van der Waals surface area contributed by atoms with Crippen LogP contribution >= 0.6 is 0 Å². The first kappa shape index (κ1) is 14.8. The van der Waals surface area contributed by atoms with Crippen molar-refractivity contribution < 1.29 is 4.79 Å². The van der Waals surface area contributed by atoms with Crippen molar-refractivity contribution in [3.05, 3.63) is 36.0 Å². The maximum absolute atomic E-state index is 12.5. The molecular formula is C16H18N4O. The molecule has 0 radical (unpaired) electrons. The molecule has 1 aromatic heterocycles. The Kier molecular flexibility index (Phi) is 4.39. The predicted octanol–water partition coefficient (Wildman–Crippen LogP) is 2.65. The second-order valence-corrected chi connectivity index (χ2v) is 4.95. The van der Waals surface area contributed by atoms with Gasteiger partial charge in [0.05, 0.1) is 12.5 Å². The van der Waals surface area contributed by atoms with Crippen LogP contribution in [-0.4, -0.2) is 35.9 Å². The molecule has 2 rings (SSSR count). The molecule has 1 unspecified atom stereocenters. The molecule has 0 spiro atoms. The molecule has 0 saturated heterocycles. The summed E-state index contributed by atoms with van der Waals surface area (Å²) in [5, 5.41) is 13.7. The monoisotopic (exact) mass is 282 g/mol. The van der Waals surface area contributed by atoms with Crippen LogP contribution < -0.4 is 5.32 Å². The second-order valence-electron chi connectivity index (χ2n) is 4.95. The Balaban J connectivity index is 2.42. The molecule has 1 N–H and O–H groups in total. The molecule has 5 nitrogen and oxygen atoms in total. The molecule has 1 aromatic carbocycles. The highest BCUT2D eigenvalue weighted by atomic mass is 16.2. The lowest BCUT2D eigenvalue weighted by molar-refractivity contribution is 0.0740. The van der Waals surface area contributed by atoms with Crippen molar-refractivity contribution in [1.29, 1.82) is 5.26 Å². The fourth-order valence-electron chi connectivity index (χ4n) is 2.15. The Bertz CT molecular complexity index is 705. The smallest absolute Gasteiger partial charge is 0.272 e. The van der Waals surface area contributed by atoms with Gasteiger partial charge < -0.3 is 10.2 Å². The molecule has 1 amide bonds. The Morgan fingerprint density at radius 2 is 2.19 bits per heavy atom. The summed E-state index contributed by atoms with van der Waals surface area (Å²) in [7, 11) is 3.48. The average molecular weight is 282 g/mol. The van der Waals surface area contributed by atoms with E-state index in [-0.39, 0.29) is 11.9 Å². The molecule has 0 saturated carbocycles. The van der Waals surface area contributed by atoms with Crippen molar-refractivity contribution in [2.75, 3.05) is 19.4 Å². The van der Waals surface area contributed by atoms with Gasteiger partial charge in [-0.05, 0) is 18.4 Å². The number of nitriles is 1. The first-order valence-corrected chi connectivity index (χ1v) is 6.80. The third-order valence-electron chi connectivity index (χ3n) is 3.56. The van der Waals surface area contributed by atoms with Gasteiger partial charge in [0, 0.05) is 25.5 Å². The third-order valence-corrected chi connectivity index (χ3v) is 3.56. The van der Waals surface area contributed by atoms with Crippen LogP contribution in [-0.2, 0) is 0 Å². The van der Waals surface area contributed by atoms with Gasteiger partial charge in [0.1, 0.15) is 11.5 Å². The number of hydrogen-bond donors (Lipinski definition) is 1. The van der Waals surface area contributed by atoms with E-state index < -0.39 is 0 Å². The normalized spacial score (nSPS) is 11.7. The molecule has 0 bridgehead atoms. The Morgan fingerprint density at radius 3 is 2.86 bits per heavy atom. The summed E-state index contributed by atoms with van der Waals surface area (Å²) in [5.41, 5.74) is 0.380. The molecule has 1 atom stereocenters. The van der Waals surface area contributed by atoms with Gasteiger partial charge in [-0.1, -0.05) is 24.3 Å². The quantitative estimate of drug-likeness (QED) is 0.936. The molecule has 21 heavy (non-hydrogen) atoms. The minimum Gasteiger partial charge on any atom is -0.373 e. The van der Waals surface area contributed by atoms with Crippen LogP contribution in [0.15, 0.2) is 30.3 Å². The van der Waals surface area contributed by atoms with Crippen LogP contribution in [0.4, 0.5) is 5.82 Å². The van der Waals surface area contributed by atoms with E-state index in [0.29, 0.717) is 17.9 Å². The Morgan fingerprint density at radius 1 is 1.48 bits per heavy atom. The summed E-state index contributed by atoms with van der Waals surface area (Å²) in [6, 6.07) is 11.5. The number of anilines is 1. The van der Waals surface area contributed by atoms with Crippen molar-refractivity contribution in [3.8, 4) is 6.07 Å². The van der Waals surface area contributed by atoms with Crippen LogP contribution in [0.3, 0.4) is 0 Å². The number of nitrogens with zero attached hydrogens (tertiary/aromatic N) is 3. The van der Waals surface area contributed by atoms with Gasteiger partial charge in [-0.25, -0.2) is 4.98 Å². The molecule has 5 heteroatoms. The van der Waals surface area contributed by atoms with Crippen molar-refractivity contribution in [1.82, 2.24) is 9.88 Å². The lowest BCUT2D eigenvalue weighted by atomic mass is 10.1. The number of hydrogen-bond acceptors (Lipinski definition) is 4. The highest BCUT2D eigenvalue weighted by Gasteiger charge is 2.19. The highest BCUT2D eigenvalue weighted by Crippen LogP contribution is 2.23. The summed E-state index contributed by atoms with van der Waals surface area (Å²) in [6.07, 6.45) is 0.300. The van der Waals surface area contributed by atoms with Gasteiger partial charge in [-0.15, -0.1) is 0 Å². The number of carbonyl (C=O) groups excluding carboxylic acids is 1. The zero-order valence-electron chi connectivity index (χ0n) is 12.4. The standard InChI is InChI=1S/C16H18N4O/c1-11(8-9-17)20(3)16(21)14-10-12-6-4-5-7-13(12)15(18-2)19-14/h4-7,10-11H,8H2,1-3H3,(H,18,19). The topological polar surface area (TPSA) is 69.0 Å². The Labute approximate surface area is 124 Å². The predicted molar refractivity (Wildman–Crippen MR) is 83.1 cm³/mol. The van der Waals surface area contributed by atoms with E-state index in [4.69, 9.17) is 5.26 Å². The van der Waals surface area contributed by atoms with Gasteiger partial charge in [0.15, 0.2) is 0 Å². The molecular weight excluding hydrogens is 264 g/mol. The van der Waals surface area contributed by atoms with E-state index in [1.54, 1.807) is 25.1 Å². The maximum Gasteiger partial charge on any atom is 0.272 e. The van der Waals surface area contributed by atoms with Crippen LogP contribution in [0.5, 0.6) is 0 Å². The molecule has 2 aromatic rings. The van der Waals surface area contributed by atoms with Crippen molar-refractivity contribution in [2.24, 2.45) is 0 Å². The van der Waals surface area contributed by atoms with E-state index in [0.717, 1.165) is 10.8 Å². The molecule has 0 fully saturated rings.